The van der Waals surface area contributed by atoms with Crippen molar-refractivity contribution >= 4 is 27.3 Å². The second kappa shape index (κ2) is 7.26. The van der Waals surface area contributed by atoms with Gasteiger partial charge in [0.05, 0.1) is 4.90 Å². The van der Waals surface area contributed by atoms with E-state index >= 15 is 0 Å². The monoisotopic (exact) mass is 394 g/mol. The molecule has 0 aliphatic carbocycles. The number of hydrogen-bond acceptors (Lipinski definition) is 3. The smallest absolute Gasteiger partial charge is 0.261 e. The van der Waals surface area contributed by atoms with Crippen molar-refractivity contribution in [3.8, 4) is 0 Å². The zero-order chi connectivity index (χ0) is 19.8. The Labute approximate surface area is 157 Å². The molecule has 1 amide bonds. The van der Waals surface area contributed by atoms with Crippen molar-refractivity contribution < 1.29 is 22.0 Å². The average molecular weight is 394 g/mol. The molecule has 0 saturated heterocycles. The Morgan fingerprint density at radius 3 is 2.48 bits per heavy atom. The zero-order valence-corrected chi connectivity index (χ0v) is 15.8. The number of nitrogens with one attached hydrogen (secondary N) is 1. The quantitative estimate of drug-likeness (QED) is 0.841. The molecule has 1 heterocycles. The first-order valence-electron chi connectivity index (χ1n) is 8.58. The number of benzene rings is 2. The van der Waals surface area contributed by atoms with Crippen molar-refractivity contribution in [2.75, 3.05) is 16.2 Å². The van der Waals surface area contributed by atoms with Crippen molar-refractivity contribution in [3.05, 3.63) is 53.6 Å². The fourth-order valence-corrected chi connectivity index (χ4v) is 4.11. The van der Waals surface area contributed by atoms with Crippen LogP contribution in [0.1, 0.15) is 25.8 Å². The maximum absolute atomic E-state index is 13.4. The number of anilines is 2. The third kappa shape index (κ3) is 4.10. The van der Waals surface area contributed by atoms with Crippen molar-refractivity contribution in [3.63, 3.8) is 0 Å². The van der Waals surface area contributed by atoms with Crippen molar-refractivity contribution in [1.29, 1.82) is 0 Å². The average Bonchev–Trinajstić information content (AvgIpc) is 2.59. The molecule has 8 heteroatoms. The van der Waals surface area contributed by atoms with Gasteiger partial charge in [-0.05, 0) is 54.3 Å². The molecule has 0 spiro atoms. The molecular formula is C19H20F2N2O3S. The van der Waals surface area contributed by atoms with Gasteiger partial charge in [-0.1, -0.05) is 13.8 Å². The molecule has 1 aliphatic heterocycles. The fraction of sp³-hybridized carbons (Fsp3) is 0.316. The Morgan fingerprint density at radius 1 is 1.07 bits per heavy atom. The summed E-state index contributed by atoms with van der Waals surface area (Å²) in [5.74, 6) is -2.00. The van der Waals surface area contributed by atoms with Crippen LogP contribution in [-0.2, 0) is 21.2 Å². The molecule has 0 saturated carbocycles. The summed E-state index contributed by atoms with van der Waals surface area (Å²) in [4.78, 5) is 13.6. The molecule has 27 heavy (non-hydrogen) atoms. The van der Waals surface area contributed by atoms with Crippen LogP contribution < -0.4 is 9.62 Å². The van der Waals surface area contributed by atoms with Crippen LogP contribution in [0.3, 0.4) is 0 Å². The van der Waals surface area contributed by atoms with Crippen LogP contribution in [-0.4, -0.2) is 20.9 Å². The van der Waals surface area contributed by atoms with Gasteiger partial charge in [0.25, 0.3) is 10.0 Å². The number of hydrogen-bond donors (Lipinski definition) is 1. The molecule has 1 N–H and O–H groups in total. The largest absolute Gasteiger partial charge is 0.312 e. The van der Waals surface area contributed by atoms with Crippen molar-refractivity contribution in [2.24, 2.45) is 5.92 Å². The number of fused-ring (bicyclic) bond motifs is 1. The van der Waals surface area contributed by atoms with E-state index in [1.54, 1.807) is 23.1 Å². The van der Waals surface area contributed by atoms with Crippen LogP contribution in [0.25, 0.3) is 0 Å². The number of rotatable bonds is 5. The van der Waals surface area contributed by atoms with Crippen LogP contribution in [0.15, 0.2) is 41.3 Å². The first-order chi connectivity index (χ1) is 12.7. The van der Waals surface area contributed by atoms with Crippen LogP contribution >= 0.6 is 0 Å². The first kappa shape index (κ1) is 19.3. The maximum atomic E-state index is 13.4. The highest BCUT2D eigenvalue weighted by Crippen LogP contribution is 2.31. The fourth-order valence-electron chi connectivity index (χ4n) is 3.05. The lowest BCUT2D eigenvalue weighted by Gasteiger charge is -2.31. The Balaban J connectivity index is 1.89. The Hall–Kier alpha value is -2.48. The summed E-state index contributed by atoms with van der Waals surface area (Å²) in [6.45, 7) is 4.63. The molecule has 0 aromatic heterocycles. The van der Waals surface area contributed by atoms with Gasteiger partial charge in [-0.25, -0.2) is 17.2 Å². The van der Waals surface area contributed by atoms with Crippen LogP contribution in [0.4, 0.5) is 20.2 Å². The lowest BCUT2D eigenvalue weighted by molar-refractivity contribution is -0.119. The molecule has 0 fully saturated rings. The van der Waals surface area contributed by atoms with E-state index in [1.807, 2.05) is 13.8 Å². The molecule has 5 nitrogen and oxygen atoms in total. The topological polar surface area (TPSA) is 66.5 Å². The molecule has 0 radical (unpaired) electrons. The molecule has 1 aliphatic rings. The number of halogens is 2. The van der Waals surface area contributed by atoms with Gasteiger partial charge in [0.1, 0.15) is 0 Å². The number of sulfonamides is 1. The third-order valence-electron chi connectivity index (χ3n) is 4.28. The van der Waals surface area contributed by atoms with Gasteiger partial charge in [-0.3, -0.25) is 9.52 Å². The zero-order valence-electron chi connectivity index (χ0n) is 15.0. The highest BCUT2D eigenvalue weighted by Gasteiger charge is 2.25. The van der Waals surface area contributed by atoms with Crippen molar-refractivity contribution in [1.82, 2.24) is 0 Å². The maximum Gasteiger partial charge on any atom is 0.261 e. The van der Waals surface area contributed by atoms with E-state index in [2.05, 4.69) is 4.72 Å². The Morgan fingerprint density at radius 2 is 1.81 bits per heavy atom. The van der Waals surface area contributed by atoms with E-state index in [1.165, 1.54) is 0 Å². The molecule has 0 atom stereocenters. The SMILES string of the molecule is CC(C)CN1C(=O)CCc2cc(NS(=O)(=O)c3ccc(F)c(F)c3)ccc21. The van der Waals surface area contributed by atoms with Gasteiger partial charge in [0.15, 0.2) is 11.6 Å². The molecule has 144 valence electrons. The normalized spacial score (nSPS) is 14.4. The summed E-state index contributed by atoms with van der Waals surface area (Å²) in [6, 6.07) is 7.35. The summed E-state index contributed by atoms with van der Waals surface area (Å²) in [6.07, 6.45) is 0.878. The molecule has 0 unspecified atom stereocenters. The first-order valence-corrected chi connectivity index (χ1v) is 10.1. The molecule has 2 aromatic rings. The van der Waals surface area contributed by atoms with E-state index in [0.29, 0.717) is 37.1 Å². The van der Waals surface area contributed by atoms with Crippen LogP contribution in [0, 0.1) is 17.6 Å². The third-order valence-corrected chi connectivity index (χ3v) is 5.66. The highest BCUT2D eigenvalue weighted by molar-refractivity contribution is 7.92. The summed E-state index contributed by atoms with van der Waals surface area (Å²) in [5.41, 5.74) is 1.94. The summed E-state index contributed by atoms with van der Waals surface area (Å²) in [5, 5.41) is 0. The van der Waals surface area contributed by atoms with E-state index in [-0.39, 0.29) is 10.8 Å². The Bertz CT molecular complexity index is 990. The second-order valence-electron chi connectivity index (χ2n) is 6.92. The number of carbonyl (C=O) groups is 1. The molecular weight excluding hydrogens is 374 g/mol. The standard InChI is InChI=1S/C19H20F2N2O3S/c1-12(2)11-23-18-7-4-14(9-13(18)3-8-19(23)24)22-27(25,26)15-5-6-16(20)17(21)10-15/h4-7,9-10,12,22H,3,8,11H2,1-2H3. The predicted octanol–water partition coefficient (Wildman–Crippen LogP) is 3.70. The molecule has 2 aromatic carbocycles. The number of nitrogens with zero attached hydrogens (tertiary/aromatic N) is 1. The molecule has 3 rings (SSSR count). The number of amides is 1. The van der Waals surface area contributed by atoms with E-state index in [9.17, 15) is 22.0 Å². The minimum absolute atomic E-state index is 0.0475. The van der Waals surface area contributed by atoms with E-state index in [4.69, 9.17) is 0 Å². The summed E-state index contributed by atoms with van der Waals surface area (Å²) in [7, 11) is -4.06. The second-order valence-corrected chi connectivity index (χ2v) is 8.61. The molecule has 0 bridgehead atoms. The van der Waals surface area contributed by atoms with Gasteiger partial charge < -0.3 is 4.90 Å². The van der Waals surface area contributed by atoms with Crippen LogP contribution in [0.2, 0.25) is 0 Å². The Kier molecular flexibility index (Phi) is 5.19. The van der Waals surface area contributed by atoms with Crippen LogP contribution in [0.5, 0.6) is 0 Å². The van der Waals surface area contributed by atoms with Gasteiger partial charge in [-0.2, -0.15) is 0 Å². The summed E-state index contributed by atoms with van der Waals surface area (Å²) >= 11 is 0. The highest BCUT2D eigenvalue weighted by atomic mass is 32.2. The predicted molar refractivity (Wildman–Crippen MR) is 99.1 cm³/mol. The number of aryl methyl sites for hydroxylation is 1. The minimum Gasteiger partial charge on any atom is -0.312 e. The summed E-state index contributed by atoms with van der Waals surface area (Å²) < 4.78 is 53.6. The van der Waals surface area contributed by atoms with Gasteiger partial charge in [0.2, 0.25) is 5.91 Å². The minimum atomic E-state index is -4.06. The lowest BCUT2D eigenvalue weighted by Crippen LogP contribution is -2.37. The number of carbonyl (C=O) groups excluding carboxylic acids is 1. The van der Waals surface area contributed by atoms with Crippen molar-refractivity contribution in [2.45, 2.75) is 31.6 Å². The van der Waals surface area contributed by atoms with E-state index < -0.39 is 21.7 Å². The van der Waals surface area contributed by atoms with Gasteiger partial charge >= 0.3 is 0 Å². The lowest BCUT2D eigenvalue weighted by atomic mass is 9.99. The van der Waals surface area contributed by atoms with Gasteiger partial charge in [0, 0.05) is 24.3 Å². The van der Waals surface area contributed by atoms with Gasteiger partial charge in [-0.15, -0.1) is 0 Å². The van der Waals surface area contributed by atoms with E-state index in [0.717, 1.165) is 23.4 Å².